The number of hydrogen-bond donors (Lipinski definition) is 0. The van der Waals surface area contributed by atoms with Gasteiger partial charge < -0.3 is 4.74 Å². The van der Waals surface area contributed by atoms with Gasteiger partial charge in [0.25, 0.3) is 0 Å². The second kappa shape index (κ2) is 6.19. The number of hydrogen-bond acceptors (Lipinski definition) is 3. The molecule has 4 atom stereocenters. The Bertz CT molecular complexity index is 773. The Labute approximate surface area is 165 Å². The van der Waals surface area contributed by atoms with Crippen molar-refractivity contribution in [1.82, 2.24) is 0 Å². The fraction of sp³-hybridized carbons (Fsp3) is 0.600. The third-order valence-corrected chi connectivity index (χ3v) is 8.26. The van der Waals surface area contributed by atoms with Gasteiger partial charge in [0.15, 0.2) is 5.75 Å². The van der Waals surface area contributed by atoms with Crippen LogP contribution < -0.4 is 4.74 Å². The normalized spacial score (nSPS) is 33.4. The number of Topliss-reactive ketones (excluding diaryl/α,β-unsaturated/α-hetero) is 1. The molecule has 0 aliphatic heterocycles. The predicted molar refractivity (Wildman–Crippen MR) is 103 cm³/mol. The molecule has 3 aliphatic carbocycles. The number of halogens is 2. The SMILES string of the molecule is CC(=O)Oc1c(Br)cc2c(c1Br)CCC1[C@@H]2CC[C@]2(C)C(=O)CC[C@@H]12. The van der Waals surface area contributed by atoms with Crippen molar-refractivity contribution in [1.29, 1.82) is 0 Å². The Morgan fingerprint density at radius 3 is 2.72 bits per heavy atom. The molecule has 3 aliphatic rings. The maximum atomic E-state index is 12.4. The minimum absolute atomic E-state index is 0.0924. The van der Waals surface area contributed by atoms with Gasteiger partial charge in [-0.15, -0.1) is 0 Å². The zero-order chi connectivity index (χ0) is 17.9. The molecule has 5 heteroatoms. The van der Waals surface area contributed by atoms with Gasteiger partial charge in [0.05, 0.1) is 8.95 Å². The number of ether oxygens (including phenoxy) is 1. The minimum atomic E-state index is -0.312. The van der Waals surface area contributed by atoms with Crippen molar-refractivity contribution in [3.63, 3.8) is 0 Å². The molecule has 4 rings (SSSR count). The van der Waals surface area contributed by atoms with Gasteiger partial charge in [-0.05, 0) is 98.9 Å². The Morgan fingerprint density at radius 2 is 2.00 bits per heavy atom. The molecule has 0 amide bonds. The van der Waals surface area contributed by atoms with E-state index < -0.39 is 0 Å². The highest BCUT2D eigenvalue weighted by Gasteiger charge is 2.54. The first kappa shape index (κ1) is 17.7. The summed E-state index contributed by atoms with van der Waals surface area (Å²) in [5.41, 5.74) is 2.55. The average molecular weight is 470 g/mol. The van der Waals surface area contributed by atoms with Crippen molar-refractivity contribution < 1.29 is 14.3 Å². The van der Waals surface area contributed by atoms with E-state index in [1.54, 1.807) is 0 Å². The lowest BCUT2D eigenvalue weighted by Gasteiger charge is -2.48. The maximum absolute atomic E-state index is 12.4. The Kier molecular flexibility index (Phi) is 4.39. The average Bonchev–Trinajstić information content (AvgIpc) is 2.86. The molecule has 0 bridgehead atoms. The lowest BCUT2D eigenvalue weighted by atomic mass is 9.55. The van der Waals surface area contributed by atoms with E-state index >= 15 is 0 Å². The summed E-state index contributed by atoms with van der Waals surface area (Å²) in [5, 5.41) is 0. The standard InChI is InChI=1S/C20H22Br2O3/c1-10(23)25-19-16(21)9-14-11-7-8-20(2)15(5-6-17(20)24)12(11)3-4-13(14)18(19)22/h9,11-12,15H,3-8H2,1-2H3/t11-,12?,15-,20-/m0/s1. The van der Waals surface area contributed by atoms with Crippen molar-refractivity contribution in [2.45, 2.75) is 58.3 Å². The fourth-order valence-corrected chi connectivity index (χ4v) is 7.15. The lowest BCUT2D eigenvalue weighted by Crippen LogP contribution is -2.42. The monoisotopic (exact) mass is 468 g/mol. The van der Waals surface area contributed by atoms with Gasteiger partial charge in [-0.2, -0.15) is 0 Å². The highest BCUT2D eigenvalue weighted by atomic mass is 79.9. The first-order chi connectivity index (χ1) is 11.8. The van der Waals surface area contributed by atoms with E-state index in [1.165, 1.54) is 18.1 Å². The van der Waals surface area contributed by atoms with Crippen LogP contribution in [0.25, 0.3) is 0 Å². The van der Waals surface area contributed by atoms with E-state index in [-0.39, 0.29) is 11.4 Å². The molecule has 0 spiro atoms. The first-order valence-electron chi connectivity index (χ1n) is 9.05. The second-order valence-electron chi connectivity index (χ2n) is 8.00. The van der Waals surface area contributed by atoms with E-state index in [0.29, 0.717) is 29.3 Å². The van der Waals surface area contributed by atoms with Crippen LogP contribution in [0.3, 0.4) is 0 Å². The molecule has 1 aromatic carbocycles. The summed E-state index contributed by atoms with van der Waals surface area (Å²) in [5.74, 6) is 2.38. The van der Waals surface area contributed by atoms with Crippen LogP contribution in [0, 0.1) is 17.3 Å². The van der Waals surface area contributed by atoms with E-state index in [2.05, 4.69) is 44.8 Å². The third-order valence-electron chi connectivity index (χ3n) is 6.83. The van der Waals surface area contributed by atoms with Crippen molar-refractivity contribution in [3.8, 4) is 5.75 Å². The summed E-state index contributed by atoms with van der Waals surface area (Å²) in [7, 11) is 0. The highest BCUT2D eigenvalue weighted by molar-refractivity contribution is 9.11. The molecule has 0 N–H and O–H groups in total. The van der Waals surface area contributed by atoms with Crippen LogP contribution in [0.1, 0.15) is 63.0 Å². The summed E-state index contributed by atoms with van der Waals surface area (Å²) in [6, 6.07) is 2.15. The third kappa shape index (κ3) is 2.64. The summed E-state index contributed by atoms with van der Waals surface area (Å²) in [6.45, 7) is 3.63. The highest BCUT2D eigenvalue weighted by Crippen LogP contribution is 2.60. The van der Waals surface area contributed by atoms with Crippen LogP contribution in [0.5, 0.6) is 5.75 Å². The topological polar surface area (TPSA) is 43.4 Å². The molecule has 0 heterocycles. The largest absolute Gasteiger partial charge is 0.424 e. The minimum Gasteiger partial charge on any atom is -0.424 e. The van der Waals surface area contributed by atoms with Gasteiger partial charge in [0, 0.05) is 18.8 Å². The molecular formula is C20H22Br2O3. The van der Waals surface area contributed by atoms with E-state index in [1.807, 2.05) is 0 Å². The van der Waals surface area contributed by atoms with Gasteiger partial charge in [-0.1, -0.05) is 6.92 Å². The van der Waals surface area contributed by atoms with Crippen LogP contribution in [0.15, 0.2) is 15.0 Å². The zero-order valence-corrected chi connectivity index (χ0v) is 17.7. The molecule has 1 unspecified atom stereocenters. The molecule has 25 heavy (non-hydrogen) atoms. The zero-order valence-electron chi connectivity index (χ0n) is 14.5. The molecule has 1 aromatic rings. The summed E-state index contributed by atoms with van der Waals surface area (Å²) < 4.78 is 7.13. The number of carbonyl (C=O) groups is 2. The molecular weight excluding hydrogens is 448 g/mol. The number of benzene rings is 1. The van der Waals surface area contributed by atoms with Crippen LogP contribution in [0.2, 0.25) is 0 Å². The molecule has 3 nitrogen and oxygen atoms in total. The molecule has 0 radical (unpaired) electrons. The second-order valence-corrected chi connectivity index (χ2v) is 9.64. The van der Waals surface area contributed by atoms with Gasteiger partial charge >= 0.3 is 5.97 Å². The van der Waals surface area contributed by atoms with Gasteiger partial charge in [-0.25, -0.2) is 0 Å². The summed E-state index contributed by atoms with van der Waals surface area (Å²) in [4.78, 5) is 23.9. The first-order valence-corrected chi connectivity index (χ1v) is 10.6. The number of esters is 1. The summed E-state index contributed by atoms with van der Waals surface area (Å²) in [6.07, 6.45) is 5.97. The van der Waals surface area contributed by atoms with Crippen molar-refractivity contribution in [2.75, 3.05) is 0 Å². The lowest BCUT2D eigenvalue weighted by molar-refractivity contribution is -0.132. The van der Waals surface area contributed by atoms with Crippen molar-refractivity contribution in [2.24, 2.45) is 17.3 Å². The van der Waals surface area contributed by atoms with E-state index in [4.69, 9.17) is 4.74 Å². The molecule has 2 fully saturated rings. The smallest absolute Gasteiger partial charge is 0.308 e. The van der Waals surface area contributed by atoms with Gasteiger partial charge in [-0.3, -0.25) is 9.59 Å². The van der Waals surface area contributed by atoms with Crippen LogP contribution >= 0.6 is 31.9 Å². The molecule has 0 saturated heterocycles. The summed E-state index contributed by atoms with van der Waals surface area (Å²) >= 11 is 7.26. The molecule has 134 valence electrons. The van der Waals surface area contributed by atoms with Crippen LogP contribution in [-0.2, 0) is 16.0 Å². The van der Waals surface area contributed by atoms with Crippen molar-refractivity contribution >= 4 is 43.6 Å². The Balaban J connectivity index is 1.74. The number of fused-ring (bicyclic) bond motifs is 5. The van der Waals surface area contributed by atoms with Crippen LogP contribution in [0.4, 0.5) is 0 Å². The maximum Gasteiger partial charge on any atom is 0.308 e. The van der Waals surface area contributed by atoms with Crippen LogP contribution in [-0.4, -0.2) is 11.8 Å². The Morgan fingerprint density at radius 1 is 1.24 bits per heavy atom. The number of carbonyl (C=O) groups excluding carboxylic acids is 2. The number of ketones is 1. The van der Waals surface area contributed by atoms with Gasteiger partial charge in [0.2, 0.25) is 0 Å². The fourth-order valence-electron chi connectivity index (χ4n) is 5.64. The predicted octanol–water partition coefficient (Wildman–Crippen LogP) is 5.56. The molecule has 2 saturated carbocycles. The van der Waals surface area contributed by atoms with Gasteiger partial charge in [0.1, 0.15) is 5.78 Å². The van der Waals surface area contributed by atoms with E-state index in [9.17, 15) is 9.59 Å². The van der Waals surface area contributed by atoms with Crippen molar-refractivity contribution in [3.05, 3.63) is 26.1 Å². The number of rotatable bonds is 1. The quantitative estimate of drug-likeness (QED) is 0.399. The Hall–Kier alpha value is -0.680. The van der Waals surface area contributed by atoms with E-state index in [0.717, 1.165) is 47.5 Å². The molecule has 0 aromatic heterocycles.